The van der Waals surface area contributed by atoms with E-state index in [1.807, 2.05) is 30.3 Å². The first kappa shape index (κ1) is 21.8. The number of fused-ring (bicyclic) bond motifs is 3. The molecule has 0 radical (unpaired) electrons. The summed E-state index contributed by atoms with van der Waals surface area (Å²) in [5.41, 5.74) is 1.83. The van der Waals surface area contributed by atoms with E-state index >= 15 is 0 Å². The third-order valence-corrected chi connectivity index (χ3v) is 7.96. The van der Waals surface area contributed by atoms with E-state index in [0.717, 1.165) is 41.8 Å². The summed E-state index contributed by atoms with van der Waals surface area (Å²) in [6.07, 6.45) is 8.13. The Morgan fingerprint density at radius 3 is 2.61 bits per heavy atom. The summed E-state index contributed by atoms with van der Waals surface area (Å²) >= 11 is 1.63. The molecule has 1 fully saturated rings. The van der Waals surface area contributed by atoms with Gasteiger partial charge < -0.3 is 10.2 Å². The number of nitrogens with one attached hydrogen (secondary N) is 1. The zero-order chi connectivity index (χ0) is 22.8. The number of piperidine rings is 1. The Morgan fingerprint density at radius 1 is 1.06 bits per heavy atom. The minimum atomic E-state index is -0.115. The number of nitrogens with zero attached hydrogens (tertiary/aromatic N) is 3. The lowest BCUT2D eigenvalue weighted by atomic mass is 9.95. The molecule has 1 aliphatic carbocycles. The lowest BCUT2D eigenvalue weighted by Crippen LogP contribution is -2.43. The van der Waals surface area contributed by atoms with Crippen molar-refractivity contribution in [1.29, 1.82) is 0 Å². The minimum absolute atomic E-state index is 0.00248. The molecule has 3 heterocycles. The molecule has 0 unspecified atom stereocenters. The van der Waals surface area contributed by atoms with E-state index in [0.29, 0.717) is 31.3 Å². The second-order valence-electron chi connectivity index (χ2n) is 8.93. The van der Waals surface area contributed by atoms with Crippen LogP contribution in [0.1, 0.15) is 42.5 Å². The van der Waals surface area contributed by atoms with E-state index in [-0.39, 0.29) is 29.8 Å². The molecule has 5 rings (SSSR count). The minimum Gasteiger partial charge on any atom is -0.341 e. The van der Waals surface area contributed by atoms with Gasteiger partial charge >= 0.3 is 0 Å². The van der Waals surface area contributed by atoms with Crippen molar-refractivity contribution in [2.24, 2.45) is 5.92 Å². The van der Waals surface area contributed by atoms with Gasteiger partial charge in [0.25, 0.3) is 5.56 Å². The molecule has 172 valence electrons. The summed E-state index contributed by atoms with van der Waals surface area (Å²) in [5.74, 6) is -0.213. The topological polar surface area (TPSA) is 84.3 Å². The van der Waals surface area contributed by atoms with Crippen molar-refractivity contribution >= 4 is 39.1 Å². The van der Waals surface area contributed by atoms with Gasteiger partial charge in [-0.2, -0.15) is 0 Å². The summed E-state index contributed by atoms with van der Waals surface area (Å²) in [6.45, 7) is 1.03. The van der Waals surface area contributed by atoms with Gasteiger partial charge in [-0.25, -0.2) is 4.98 Å². The molecule has 2 aromatic heterocycles. The van der Waals surface area contributed by atoms with E-state index in [9.17, 15) is 14.4 Å². The van der Waals surface area contributed by atoms with Crippen molar-refractivity contribution in [2.75, 3.05) is 18.4 Å². The van der Waals surface area contributed by atoms with Crippen LogP contribution in [0.3, 0.4) is 0 Å². The van der Waals surface area contributed by atoms with Crippen LogP contribution < -0.4 is 10.9 Å². The molecule has 2 amide bonds. The molecule has 1 N–H and O–H groups in total. The molecular formula is C25H28N4O3S. The van der Waals surface area contributed by atoms with Gasteiger partial charge in [-0.1, -0.05) is 24.6 Å². The third-order valence-electron chi connectivity index (χ3n) is 6.76. The Balaban J connectivity index is 1.23. The molecule has 0 bridgehead atoms. The molecule has 1 aliphatic heterocycles. The van der Waals surface area contributed by atoms with Gasteiger partial charge in [-0.15, -0.1) is 11.3 Å². The van der Waals surface area contributed by atoms with Crippen LogP contribution in [-0.4, -0.2) is 39.4 Å². The number of thiophene rings is 1. The van der Waals surface area contributed by atoms with Crippen LogP contribution in [0.25, 0.3) is 10.2 Å². The highest BCUT2D eigenvalue weighted by Gasteiger charge is 2.28. The van der Waals surface area contributed by atoms with Crippen LogP contribution in [-0.2, 0) is 29.0 Å². The first-order valence-electron chi connectivity index (χ1n) is 11.7. The largest absolute Gasteiger partial charge is 0.341 e. The van der Waals surface area contributed by atoms with E-state index in [2.05, 4.69) is 10.3 Å². The summed E-state index contributed by atoms with van der Waals surface area (Å²) in [5, 5.41) is 3.66. The van der Waals surface area contributed by atoms with Crippen LogP contribution in [0, 0.1) is 5.92 Å². The number of carbonyl (C=O) groups excluding carboxylic acids is 2. The highest BCUT2D eigenvalue weighted by atomic mass is 32.1. The number of hydrogen-bond acceptors (Lipinski definition) is 5. The Bertz CT molecular complexity index is 1230. The number of anilines is 1. The summed E-state index contributed by atoms with van der Waals surface area (Å²) < 4.78 is 1.46. The fourth-order valence-electron chi connectivity index (χ4n) is 4.87. The average molecular weight is 465 g/mol. The van der Waals surface area contributed by atoms with E-state index in [4.69, 9.17) is 0 Å². The van der Waals surface area contributed by atoms with Gasteiger partial charge in [0.05, 0.1) is 11.7 Å². The second kappa shape index (κ2) is 9.47. The Kier molecular flexibility index (Phi) is 6.26. The molecule has 3 aromatic rings. The molecule has 0 saturated carbocycles. The second-order valence-corrected chi connectivity index (χ2v) is 10.0. The van der Waals surface area contributed by atoms with Crippen molar-refractivity contribution < 1.29 is 9.59 Å². The Morgan fingerprint density at radius 2 is 1.82 bits per heavy atom. The SMILES string of the molecule is O=C(Nc1ccccc1)C1CCN(C(=O)Cn2cnc3sc4c(c3c2=O)CCCCC4)CC1. The van der Waals surface area contributed by atoms with Crippen molar-refractivity contribution in [3.63, 3.8) is 0 Å². The van der Waals surface area contributed by atoms with E-state index < -0.39 is 0 Å². The standard InChI is InChI=1S/C25H28N4O3S/c30-21(28-13-11-17(12-14-28)23(31)27-18-7-3-1-4-8-18)15-29-16-26-24-22(25(29)32)19-9-5-2-6-10-20(19)33-24/h1,3-4,7-8,16-17H,2,5-6,9-15H2,(H,27,31). The summed E-state index contributed by atoms with van der Waals surface area (Å²) in [7, 11) is 0. The fraction of sp³-hybridized carbons (Fsp3) is 0.440. The van der Waals surface area contributed by atoms with Crippen molar-refractivity contribution in [3.8, 4) is 0 Å². The molecule has 8 heteroatoms. The number of amides is 2. The predicted molar refractivity (Wildman–Crippen MR) is 130 cm³/mol. The van der Waals surface area contributed by atoms with Crippen LogP contribution >= 0.6 is 11.3 Å². The highest BCUT2D eigenvalue weighted by Crippen LogP contribution is 2.32. The summed E-state index contributed by atoms with van der Waals surface area (Å²) in [4.78, 5) is 47.1. The zero-order valence-electron chi connectivity index (χ0n) is 18.6. The number of aryl methyl sites for hydroxylation is 2. The number of para-hydroxylation sites is 1. The molecular weight excluding hydrogens is 436 g/mol. The number of rotatable bonds is 4. The average Bonchev–Trinajstić information content (AvgIpc) is 3.03. The van der Waals surface area contributed by atoms with Gasteiger partial charge in [0, 0.05) is 29.6 Å². The molecule has 1 aromatic carbocycles. The van der Waals surface area contributed by atoms with Crippen molar-refractivity contribution in [1.82, 2.24) is 14.5 Å². The van der Waals surface area contributed by atoms with Crippen molar-refractivity contribution in [2.45, 2.75) is 51.5 Å². The Hall–Kier alpha value is -3.00. The third kappa shape index (κ3) is 4.57. The number of aromatic nitrogens is 2. The maximum Gasteiger partial charge on any atom is 0.262 e. The van der Waals surface area contributed by atoms with Gasteiger partial charge in [0.1, 0.15) is 11.4 Å². The van der Waals surface area contributed by atoms with Crippen LogP contribution in [0.15, 0.2) is 41.5 Å². The Labute approximate surface area is 196 Å². The molecule has 0 atom stereocenters. The van der Waals surface area contributed by atoms with Crippen molar-refractivity contribution in [3.05, 3.63) is 57.5 Å². The zero-order valence-corrected chi connectivity index (χ0v) is 19.4. The number of likely N-dealkylation sites (tertiary alicyclic amines) is 1. The molecule has 0 spiro atoms. The van der Waals surface area contributed by atoms with Gasteiger partial charge in [-0.05, 0) is 56.2 Å². The fourth-order valence-corrected chi connectivity index (χ4v) is 6.09. The van der Waals surface area contributed by atoms with E-state index in [1.54, 1.807) is 16.2 Å². The smallest absolute Gasteiger partial charge is 0.262 e. The van der Waals surface area contributed by atoms with Crippen LogP contribution in [0.5, 0.6) is 0 Å². The maximum atomic E-state index is 13.2. The molecule has 7 nitrogen and oxygen atoms in total. The van der Waals surface area contributed by atoms with Gasteiger partial charge in [0.2, 0.25) is 11.8 Å². The van der Waals surface area contributed by atoms with Gasteiger partial charge in [0.15, 0.2) is 0 Å². The van der Waals surface area contributed by atoms with Crippen LogP contribution in [0.4, 0.5) is 5.69 Å². The first-order valence-corrected chi connectivity index (χ1v) is 12.5. The van der Waals surface area contributed by atoms with Gasteiger partial charge in [-0.3, -0.25) is 19.0 Å². The van der Waals surface area contributed by atoms with E-state index in [1.165, 1.54) is 22.2 Å². The quantitative estimate of drug-likeness (QED) is 0.598. The number of hydrogen-bond donors (Lipinski definition) is 1. The molecule has 2 aliphatic rings. The monoisotopic (exact) mass is 464 g/mol. The normalized spacial score (nSPS) is 16.9. The first-order chi connectivity index (χ1) is 16.1. The molecule has 33 heavy (non-hydrogen) atoms. The molecule has 1 saturated heterocycles. The lowest BCUT2D eigenvalue weighted by molar-refractivity contribution is -0.135. The number of benzene rings is 1. The number of carbonyl (C=O) groups is 2. The predicted octanol–water partition coefficient (Wildman–Crippen LogP) is 3.60. The van der Waals surface area contributed by atoms with Crippen LogP contribution in [0.2, 0.25) is 0 Å². The summed E-state index contributed by atoms with van der Waals surface area (Å²) in [6, 6.07) is 9.42. The highest BCUT2D eigenvalue weighted by molar-refractivity contribution is 7.18. The maximum absolute atomic E-state index is 13.2. The lowest BCUT2D eigenvalue weighted by Gasteiger charge is -2.31.